The monoisotopic (exact) mass is 304 g/mol. The number of amides is 1. The van der Waals surface area contributed by atoms with Crippen molar-refractivity contribution in [2.24, 2.45) is 0 Å². The van der Waals surface area contributed by atoms with Gasteiger partial charge in [0.1, 0.15) is 0 Å². The minimum absolute atomic E-state index is 0.0980. The number of hydrogen-bond donors (Lipinski definition) is 2. The van der Waals surface area contributed by atoms with Crippen LogP contribution in [0.5, 0.6) is 5.75 Å². The highest BCUT2D eigenvalue weighted by molar-refractivity contribution is 5.95. The first-order valence-corrected chi connectivity index (χ1v) is 6.34. The first-order valence-electron chi connectivity index (χ1n) is 6.34. The Balaban J connectivity index is 2.07. The van der Waals surface area contributed by atoms with Crippen LogP contribution in [0.3, 0.4) is 0 Å². The van der Waals surface area contributed by atoms with Gasteiger partial charge in [0.15, 0.2) is 5.75 Å². The molecule has 1 amide bonds. The second kappa shape index (κ2) is 5.80. The molecule has 1 fully saturated rings. The molecule has 0 saturated carbocycles. The third-order valence-corrected chi connectivity index (χ3v) is 3.19. The number of anilines is 1. The lowest BCUT2D eigenvalue weighted by atomic mass is 10.1. The average molecular weight is 304 g/mol. The van der Waals surface area contributed by atoms with Crippen LogP contribution in [0.25, 0.3) is 0 Å². The largest absolute Gasteiger partial charge is 0.573 e. The Hall–Kier alpha value is -1.96. The SMILES string of the molecule is CC1OCCC1NC(=O)c1ccc(OC(F)(F)F)c(N)c1. The first-order chi connectivity index (χ1) is 9.76. The van der Waals surface area contributed by atoms with Gasteiger partial charge in [0.2, 0.25) is 0 Å². The summed E-state index contributed by atoms with van der Waals surface area (Å²) in [6.07, 6.45) is -4.23. The molecule has 5 nitrogen and oxygen atoms in total. The first kappa shape index (κ1) is 15.4. The number of nitrogens with two attached hydrogens (primary N) is 1. The van der Waals surface area contributed by atoms with E-state index >= 15 is 0 Å². The highest BCUT2D eigenvalue weighted by Gasteiger charge is 2.32. The molecular weight excluding hydrogens is 289 g/mol. The van der Waals surface area contributed by atoms with E-state index in [1.54, 1.807) is 0 Å². The minimum Gasteiger partial charge on any atom is -0.404 e. The van der Waals surface area contributed by atoms with Gasteiger partial charge < -0.3 is 20.5 Å². The Morgan fingerprint density at radius 1 is 1.48 bits per heavy atom. The highest BCUT2D eigenvalue weighted by Crippen LogP contribution is 2.29. The number of alkyl halides is 3. The van der Waals surface area contributed by atoms with Gasteiger partial charge in [0.05, 0.1) is 17.8 Å². The molecule has 1 aliphatic rings. The van der Waals surface area contributed by atoms with Crippen LogP contribution in [0.2, 0.25) is 0 Å². The number of nitrogens with one attached hydrogen (secondary N) is 1. The van der Waals surface area contributed by atoms with Crippen molar-refractivity contribution in [3.05, 3.63) is 23.8 Å². The summed E-state index contributed by atoms with van der Waals surface area (Å²) in [6, 6.07) is 3.28. The molecule has 0 bridgehead atoms. The molecule has 1 heterocycles. The molecule has 8 heteroatoms. The molecule has 1 aromatic rings. The van der Waals surface area contributed by atoms with E-state index in [0.29, 0.717) is 13.0 Å². The molecule has 1 aliphatic heterocycles. The topological polar surface area (TPSA) is 73.6 Å². The molecule has 1 saturated heterocycles. The van der Waals surface area contributed by atoms with Crippen LogP contribution in [0, 0.1) is 0 Å². The minimum atomic E-state index is -4.82. The lowest BCUT2D eigenvalue weighted by molar-refractivity contribution is -0.274. The molecule has 0 spiro atoms. The van der Waals surface area contributed by atoms with E-state index in [1.165, 1.54) is 6.07 Å². The van der Waals surface area contributed by atoms with Crippen LogP contribution in [0.1, 0.15) is 23.7 Å². The van der Waals surface area contributed by atoms with Gasteiger partial charge in [0, 0.05) is 12.2 Å². The van der Waals surface area contributed by atoms with Crippen LogP contribution in [0.15, 0.2) is 18.2 Å². The molecular formula is C13H15F3N2O3. The number of halogens is 3. The van der Waals surface area contributed by atoms with E-state index in [0.717, 1.165) is 12.1 Å². The molecule has 0 aromatic heterocycles. The van der Waals surface area contributed by atoms with Crippen molar-refractivity contribution >= 4 is 11.6 Å². The van der Waals surface area contributed by atoms with Gasteiger partial charge in [-0.05, 0) is 31.5 Å². The summed E-state index contributed by atoms with van der Waals surface area (Å²) >= 11 is 0. The number of carbonyl (C=O) groups is 1. The van der Waals surface area contributed by atoms with Crippen LogP contribution in [-0.2, 0) is 4.74 Å². The molecule has 1 aromatic carbocycles. The van der Waals surface area contributed by atoms with Crippen molar-refractivity contribution in [2.45, 2.75) is 31.9 Å². The summed E-state index contributed by atoms with van der Waals surface area (Å²) in [5.41, 5.74) is 5.39. The number of rotatable bonds is 3. The van der Waals surface area contributed by atoms with E-state index in [-0.39, 0.29) is 23.4 Å². The van der Waals surface area contributed by atoms with Gasteiger partial charge in [-0.1, -0.05) is 0 Å². The van der Waals surface area contributed by atoms with E-state index < -0.39 is 18.0 Å². The summed E-state index contributed by atoms with van der Waals surface area (Å²) in [6.45, 7) is 2.40. The third kappa shape index (κ3) is 4.01. The Bertz CT molecular complexity index is 534. The van der Waals surface area contributed by atoms with Crippen LogP contribution < -0.4 is 15.8 Å². The van der Waals surface area contributed by atoms with Crippen molar-refractivity contribution in [3.63, 3.8) is 0 Å². The molecule has 2 unspecified atom stereocenters. The molecule has 3 N–H and O–H groups in total. The second-order valence-corrected chi connectivity index (χ2v) is 4.74. The van der Waals surface area contributed by atoms with Crippen molar-refractivity contribution in [1.29, 1.82) is 0 Å². The Morgan fingerprint density at radius 3 is 2.71 bits per heavy atom. The van der Waals surface area contributed by atoms with Gasteiger partial charge in [-0.3, -0.25) is 4.79 Å². The smallest absolute Gasteiger partial charge is 0.404 e. The van der Waals surface area contributed by atoms with Crippen molar-refractivity contribution in [2.75, 3.05) is 12.3 Å². The lowest BCUT2D eigenvalue weighted by Gasteiger charge is -2.17. The van der Waals surface area contributed by atoms with Gasteiger partial charge in [-0.15, -0.1) is 13.2 Å². The standard InChI is InChI=1S/C13H15F3N2O3/c1-7-10(4-5-20-7)18-12(19)8-2-3-11(9(17)6-8)21-13(14,15)16/h2-3,6-7,10H,4-5,17H2,1H3,(H,18,19). The summed E-state index contributed by atoms with van der Waals surface area (Å²) in [7, 11) is 0. The maximum Gasteiger partial charge on any atom is 0.573 e. The summed E-state index contributed by atoms with van der Waals surface area (Å²) in [5.74, 6) is -0.945. The fraction of sp³-hybridized carbons (Fsp3) is 0.462. The van der Waals surface area contributed by atoms with Crippen molar-refractivity contribution in [1.82, 2.24) is 5.32 Å². The van der Waals surface area contributed by atoms with Crippen molar-refractivity contribution in [3.8, 4) is 5.75 Å². The third-order valence-electron chi connectivity index (χ3n) is 3.19. The predicted molar refractivity (Wildman–Crippen MR) is 68.8 cm³/mol. The molecule has 0 aliphatic carbocycles. The normalized spacial score (nSPS) is 22.1. The number of nitrogen functional groups attached to an aromatic ring is 1. The van der Waals surface area contributed by atoms with Gasteiger partial charge >= 0.3 is 6.36 Å². The van der Waals surface area contributed by atoms with Crippen LogP contribution in [-0.4, -0.2) is 31.0 Å². The molecule has 21 heavy (non-hydrogen) atoms. The number of hydrogen-bond acceptors (Lipinski definition) is 4. The quantitative estimate of drug-likeness (QED) is 0.839. The second-order valence-electron chi connectivity index (χ2n) is 4.74. The predicted octanol–water partition coefficient (Wildman–Crippen LogP) is 2.07. The van der Waals surface area contributed by atoms with Gasteiger partial charge in [0.25, 0.3) is 5.91 Å². The van der Waals surface area contributed by atoms with Gasteiger partial charge in [-0.25, -0.2) is 0 Å². The summed E-state index contributed by atoms with van der Waals surface area (Å²) < 4.78 is 45.4. The maximum atomic E-state index is 12.1. The van der Waals surface area contributed by atoms with Crippen molar-refractivity contribution < 1.29 is 27.4 Å². The molecule has 0 radical (unpaired) electrons. The zero-order chi connectivity index (χ0) is 15.6. The Labute approximate surface area is 119 Å². The zero-order valence-electron chi connectivity index (χ0n) is 11.2. The fourth-order valence-electron chi connectivity index (χ4n) is 2.08. The Kier molecular flexibility index (Phi) is 4.26. The Morgan fingerprint density at radius 2 is 2.19 bits per heavy atom. The lowest BCUT2D eigenvalue weighted by Crippen LogP contribution is -2.39. The average Bonchev–Trinajstić information content (AvgIpc) is 2.76. The summed E-state index contributed by atoms with van der Waals surface area (Å²) in [4.78, 5) is 12.0. The summed E-state index contributed by atoms with van der Waals surface area (Å²) in [5, 5.41) is 2.76. The maximum absolute atomic E-state index is 12.1. The number of carbonyl (C=O) groups excluding carboxylic acids is 1. The van der Waals surface area contributed by atoms with Crippen LogP contribution >= 0.6 is 0 Å². The number of ether oxygens (including phenoxy) is 2. The van der Waals surface area contributed by atoms with E-state index in [2.05, 4.69) is 10.1 Å². The molecule has 116 valence electrons. The van der Waals surface area contributed by atoms with E-state index in [9.17, 15) is 18.0 Å². The molecule has 2 rings (SSSR count). The van der Waals surface area contributed by atoms with Gasteiger partial charge in [-0.2, -0.15) is 0 Å². The molecule has 2 atom stereocenters. The van der Waals surface area contributed by atoms with E-state index in [1.807, 2.05) is 6.92 Å². The van der Waals surface area contributed by atoms with Crippen LogP contribution in [0.4, 0.5) is 18.9 Å². The van der Waals surface area contributed by atoms with E-state index in [4.69, 9.17) is 10.5 Å². The fourth-order valence-corrected chi connectivity index (χ4v) is 2.08. The number of benzene rings is 1. The zero-order valence-corrected chi connectivity index (χ0v) is 11.2. The highest BCUT2D eigenvalue weighted by atomic mass is 19.4.